The molecule has 4 nitrogen and oxygen atoms in total. The van der Waals surface area contributed by atoms with Crippen molar-refractivity contribution in [3.05, 3.63) is 35.8 Å². The number of pyridine rings is 1. The van der Waals surface area contributed by atoms with Gasteiger partial charge in [-0.1, -0.05) is 13.8 Å². The van der Waals surface area contributed by atoms with Crippen molar-refractivity contribution in [3.8, 4) is 11.4 Å². The largest absolute Gasteiger partial charge is 0.370 e. The molecule has 0 bridgehead atoms. The van der Waals surface area contributed by atoms with Gasteiger partial charge in [0.1, 0.15) is 5.82 Å². The lowest BCUT2D eigenvalue weighted by Crippen LogP contribution is -2.06. The van der Waals surface area contributed by atoms with Crippen LogP contribution in [0.4, 0.5) is 5.82 Å². The standard InChI is InChI=1S/C17H22N4/c1-3-8-19-16-10-15(13-5-6-13)20-17(21-16)14-7-9-18-11-12(14)4-2/h7,9-11,13H,3-6,8H2,1-2H3,(H,19,20,21). The first kappa shape index (κ1) is 14.0. The monoisotopic (exact) mass is 282 g/mol. The van der Waals surface area contributed by atoms with Gasteiger partial charge < -0.3 is 5.32 Å². The minimum Gasteiger partial charge on any atom is -0.370 e. The molecular weight excluding hydrogens is 260 g/mol. The SMILES string of the molecule is CCCNc1cc(C2CC2)nc(-c2ccncc2CC)n1. The van der Waals surface area contributed by atoms with Gasteiger partial charge in [0.25, 0.3) is 0 Å². The van der Waals surface area contributed by atoms with Crippen LogP contribution < -0.4 is 5.32 Å². The molecule has 1 N–H and O–H groups in total. The molecule has 2 aromatic heterocycles. The second-order valence-corrected chi connectivity index (χ2v) is 5.59. The second kappa shape index (κ2) is 6.20. The number of hydrogen-bond donors (Lipinski definition) is 1. The third-order valence-corrected chi connectivity index (χ3v) is 3.82. The van der Waals surface area contributed by atoms with E-state index < -0.39 is 0 Å². The lowest BCUT2D eigenvalue weighted by molar-refractivity contribution is 0.946. The molecule has 0 radical (unpaired) electrons. The summed E-state index contributed by atoms with van der Waals surface area (Å²) in [5, 5.41) is 3.40. The van der Waals surface area contributed by atoms with E-state index >= 15 is 0 Å². The van der Waals surface area contributed by atoms with E-state index in [0.29, 0.717) is 5.92 Å². The summed E-state index contributed by atoms with van der Waals surface area (Å²) in [5.41, 5.74) is 3.49. The number of aryl methyl sites for hydroxylation is 1. The quantitative estimate of drug-likeness (QED) is 0.875. The van der Waals surface area contributed by atoms with Gasteiger partial charge in [-0.15, -0.1) is 0 Å². The maximum Gasteiger partial charge on any atom is 0.162 e. The molecule has 1 fully saturated rings. The third-order valence-electron chi connectivity index (χ3n) is 3.82. The Balaban J connectivity index is 2.01. The van der Waals surface area contributed by atoms with Crippen molar-refractivity contribution in [1.29, 1.82) is 0 Å². The van der Waals surface area contributed by atoms with Crippen LogP contribution in [0.2, 0.25) is 0 Å². The van der Waals surface area contributed by atoms with Gasteiger partial charge in [0.05, 0.1) is 0 Å². The van der Waals surface area contributed by atoms with Gasteiger partial charge in [0, 0.05) is 42.2 Å². The zero-order valence-corrected chi connectivity index (χ0v) is 12.8. The van der Waals surface area contributed by atoms with Crippen molar-refractivity contribution in [1.82, 2.24) is 15.0 Å². The number of aromatic nitrogens is 3. The van der Waals surface area contributed by atoms with Gasteiger partial charge in [-0.25, -0.2) is 9.97 Å². The van der Waals surface area contributed by atoms with Crippen LogP contribution in [-0.4, -0.2) is 21.5 Å². The summed E-state index contributed by atoms with van der Waals surface area (Å²) in [6.45, 7) is 5.24. The molecule has 1 saturated carbocycles. The predicted molar refractivity (Wildman–Crippen MR) is 85.4 cm³/mol. The highest BCUT2D eigenvalue weighted by molar-refractivity contribution is 5.61. The Morgan fingerprint density at radius 2 is 2.10 bits per heavy atom. The Bertz CT molecular complexity index is 620. The average molecular weight is 282 g/mol. The topological polar surface area (TPSA) is 50.7 Å². The van der Waals surface area contributed by atoms with E-state index in [4.69, 9.17) is 9.97 Å². The summed E-state index contributed by atoms with van der Waals surface area (Å²) in [5.74, 6) is 2.40. The zero-order chi connectivity index (χ0) is 14.7. The van der Waals surface area contributed by atoms with Gasteiger partial charge in [0.2, 0.25) is 0 Å². The molecule has 0 spiro atoms. The molecule has 2 aromatic rings. The molecule has 0 saturated heterocycles. The van der Waals surface area contributed by atoms with Crippen LogP contribution >= 0.6 is 0 Å². The fraction of sp³-hybridized carbons (Fsp3) is 0.471. The van der Waals surface area contributed by atoms with Crippen LogP contribution in [0.3, 0.4) is 0 Å². The highest BCUT2D eigenvalue weighted by Crippen LogP contribution is 2.40. The summed E-state index contributed by atoms with van der Waals surface area (Å²) in [6.07, 6.45) is 8.27. The fourth-order valence-corrected chi connectivity index (χ4v) is 2.45. The van der Waals surface area contributed by atoms with E-state index in [9.17, 15) is 0 Å². The summed E-state index contributed by atoms with van der Waals surface area (Å²) < 4.78 is 0. The molecule has 4 heteroatoms. The predicted octanol–water partition coefficient (Wildman–Crippen LogP) is 3.80. The van der Waals surface area contributed by atoms with Crippen molar-refractivity contribution in [2.45, 2.75) is 45.4 Å². The molecule has 2 heterocycles. The molecule has 0 aromatic carbocycles. The van der Waals surface area contributed by atoms with E-state index in [2.05, 4.69) is 30.2 Å². The van der Waals surface area contributed by atoms with E-state index in [1.165, 1.54) is 24.1 Å². The fourth-order valence-electron chi connectivity index (χ4n) is 2.45. The maximum atomic E-state index is 4.80. The van der Waals surface area contributed by atoms with Crippen molar-refractivity contribution in [3.63, 3.8) is 0 Å². The van der Waals surface area contributed by atoms with E-state index in [-0.39, 0.29) is 0 Å². The summed E-state index contributed by atoms with van der Waals surface area (Å²) in [6, 6.07) is 4.14. The molecular formula is C17H22N4. The molecule has 1 aliphatic carbocycles. The van der Waals surface area contributed by atoms with Gasteiger partial charge in [0.15, 0.2) is 5.82 Å². The Kier molecular flexibility index (Phi) is 4.13. The van der Waals surface area contributed by atoms with Crippen LogP contribution in [0.5, 0.6) is 0 Å². The molecule has 110 valence electrons. The highest BCUT2D eigenvalue weighted by Gasteiger charge is 2.26. The molecule has 3 rings (SSSR count). The summed E-state index contributed by atoms with van der Waals surface area (Å²) in [7, 11) is 0. The van der Waals surface area contributed by atoms with Crippen LogP contribution in [0, 0.1) is 0 Å². The van der Waals surface area contributed by atoms with Gasteiger partial charge in [-0.2, -0.15) is 0 Å². The Morgan fingerprint density at radius 3 is 2.81 bits per heavy atom. The van der Waals surface area contributed by atoms with E-state index in [1.54, 1.807) is 0 Å². The molecule has 1 aliphatic rings. The third kappa shape index (κ3) is 3.20. The number of hydrogen-bond acceptors (Lipinski definition) is 4. The molecule has 0 aliphatic heterocycles. The van der Waals surface area contributed by atoms with Crippen molar-refractivity contribution in [2.24, 2.45) is 0 Å². The first-order valence-corrected chi connectivity index (χ1v) is 7.88. The van der Waals surface area contributed by atoms with E-state index in [1.807, 2.05) is 18.5 Å². The molecule has 0 unspecified atom stereocenters. The van der Waals surface area contributed by atoms with Crippen LogP contribution in [0.15, 0.2) is 24.5 Å². The average Bonchev–Trinajstić information content (AvgIpc) is 3.37. The minimum absolute atomic E-state index is 0.626. The molecule has 0 atom stereocenters. The first-order chi connectivity index (χ1) is 10.3. The van der Waals surface area contributed by atoms with Crippen molar-refractivity contribution < 1.29 is 0 Å². The number of anilines is 1. The van der Waals surface area contributed by atoms with Crippen LogP contribution in [-0.2, 0) is 6.42 Å². The highest BCUT2D eigenvalue weighted by atomic mass is 15.0. The van der Waals surface area contributed by atoms with Crippen LogP contribution in [0.25, 0.3) is 11.4 Å². The van der Waals surface area contributed by atoms with Crippen LogP contribution in [0.1, 0.15) is 50.3 Å². The zero-order valence-electron chi connectivity index (χ0n) is 12.8. The number of rotatable bonds is 6. The lowest BCUT2D eigenvalue weighted by atomic mass is 10.1. The van der Waals surface area contributed by atoms with Gasteiger partial charge in [-0.05, 0) is 37.3 Å². The smallest absolute Gasteiger partial charge is 0.162 e. The molecule has 0 amide bonds. The minimum atomic E-state index is 0.626. The summed E-state index contributed by atoms with van der Waals surface area (Å²) >= 11 is 0. The Hall–Kier alpha value is -1.97. The summed E-state index contributed by atoms with van der Waals surface area (Å²) in [4.78, 5) is 13.7. The van der Waals surface area contributed by atoms with Gasteiger partial charge in [-0.3, -0.25) is 4.98 Å². The Morgan fingerprint density at radius 1 is 1.24 bits per heavy atom. The number of nitrogens with one attached hydrogen (secondary N) is 1. The maximum absolute atomic E-state index is 4.80. The normalized spacial score (nSPS) is 14.2. The Labute approximate surface area is 126 Å². The molecule has 21 heavy (non-hydrogen) atoms. The van der Waals surface area contributed by atoms with Crippen molar-refractivity contribution >= 4 is 5.82 Å². The van der Waals surface area contributed by atoms with Crippen molar-refractivity contribution in [2.75, 3.05) is 11.9 Å². The van der Waals surface area contributed by atoms with E-state index in [0.717, 1.165) is 36.6 Å². The first-order valence-electron chi connectivity index (χ1n) is 7.88. The second-order valence-electron chi connectivity index (χ2n) is 5.59. The van der Waals surface area contributed by atoms with Gasteiger partial charge >= 0.3 is 0 Å². The lowest BCUT2D eigenvalue weighted by Gasteiger charge is -2.11. The number of nitrogens with zero attached hydrogens (tertiary/aromatic N) is 3.